The number of nitrogens with two attached hydrogens (primary N) is 1. The molecule has 0 aliphatic carbocycles. The van der Waals surface area contributed by atoms with Gasteiger partial charge in [0.1, 0.15) is 0 Å². The Morgan fingerprint density at radius 2 is 2.00 bits per heavy atom. The molecule has 0 radical (unpaired) electrons. The third-order valence-electron chi connectivity index (χ3n) is 3.05. The molecule has 3 rings (SSSR count). The number of aromatic nitrogens is 2. The summed E-state index contributed by atoms with van der Waals surface area (Å²) in [5.74, 6) is 5.70. The van der Waals surface area contributed by atoms with Gasteiger partial charge in [0.2, 0.25) is 0 Å². The van der Waals surface area contributed by atoms with Crippen LogP contribution in [-0.4, -0.2) is 9.78 Å². The molecule has 0 spiro atoms. The SMILES string of the molecule is NNC(c1ccn(-c2ccccc2)n1)c1cscc1Br. The number of halogens is 1. The fourth-order valence-corrected chi connectivity index (χ4v) is 3.60. The molecule has 0 aliphatic heterocycles. The van der Waals surface area contributed by atoms with Crippen LogP contribution in [0.1, 0.15) is 17.3 Å². The Labute approximate surface area is 129 Å². The van der Waals surface area contributed by atoms with Crippen LogP contribution in [0.3, 0.4) is 0 Å². The van der Waals surface area contributed by atoms with Gasteiger partial charge in [-0.1, -0.05) is 18.2 Å². The molecular formula is C14H13BrN4S. The highest BCUT2D eigenvalue weighted by Gasteiger charge is 2.18. The molecule has 1 atom stereocenters. The summed E-state index contributed by atoms with van der Waals surface area (Å²) in [5, 5.41) is 8.71. The first kappa shape index (κ1) is 13.5. The second-order valence-electron chi connectivity index (χ2n) is 4.30. The van der Waals surface area contributed by atoms with E-state index in [1.807, 2.05) is 52.7 Å². The Bertz CT molecular complexity index is 692. The van der Waals surface area contributed by atoms with Crippen molar-refractivity contribution in [3.63, 3.8) is 0 Å². The fourth-order valence-electron chi connectivity index (χ4n) is 2.05. The molecule has 3 aromatic rings. The minimum absolute atomic E-state index is 0.124. The van der Waals surface area contributed by atoms with Gasteiger partial charge in [0.05, 0.1) is 17.4 Å². The highest BCUT2D eigenvalue weighted by atomic mass is 79.9. The van der Waals surface area contributed by atoms with Crippen LogP contribution in [0.15, 0.2) is 57.8 Å². The first-order chi connectivity index (χ1) is 9.79. The quantitative estimate of drug-likeness (QED) is 0.562. The lowest BCUT2D eigenvalue weighted by Gasteiger charge is -2.12. The lowest BCUT2D eigenvalue weighted by Crippen LogP contribution is -2.29. The highest BCUT2D eigenvalue weighted by Crippen LogP contribution is 2.30. The van der Waals surface area contributed by atoms with Crippen molar-refractivity contribution in [3.8, 4) is 5.69 Å². The molecule has 4 nitrogen and oxygen atoms in total. The topological polar surface area (TPSA) is 55.9 Å². The van der Waals surface area contributed by atoms with Crippen molar-refractivity contribution in [1.82, 2.24) is 15.2 Å². The fraction of sp³-hybridized carbons (Fsp3) is 0.0714. The smallest absolute Gasteiger partial charge is 0.0919 e. The number of nitrogens with zero attached hydrogens (tertiary/aromatic N) is 2. The van der Waals surface area contributed by atoms with Crippen LogP contribution in [-0.2, 0) is 0 Å². The van der Waals surface area contributed by atoms with Gasteiger partial charge in [0.15, 0.2) is 0 Å². The number of benzene rings is 1. The second-order valence-corrected chi connectivity index (χ2v) is 5.89. The summed E-state index contributed by atoms with van der Waals surface area (Å²) in [4.78, 5) is 0. The van der Waals surface area contributed by atoms with Gasteiger partial charge >= 0.3 is 0 Å². The third-order valence-corrected chi connectivity index (χ3v) is 4.80. The summed E-state index contributed by atoms with van der Waals surface area (Å²) in [6.07, 6.45) is 1.94. The molecule has 0 bridgehead atoms. The van der Waals surface area contributed by atoms with E-state index in [1.54, 1.807) is 11.3 Å². The van der Waals surface area contributed by atoms with Crippen molar-refractivity contribution in [2.45, 2.75) is 6.04 Å². The van der Waals surface area contributed by atoms with Crippen LogP contribution in [0.2, 0.25) is 0 Å². The molecule has 102 valence electrons. The van der Waals surface area contributed by atoms with Crippen LogP contribution in [0.4, 0.5) is 0 Å². The molecule has 0 saturated carbocycles. The Morgan fingerprint density at radius 1 is 1.20 bits per heavy atom. The predicted molar refractivity (Wildman–Crippen MR) is 84.7 cm³/mol. The van der Waals surface area contributed by atoms with E-state index >= 15 is 0 Å². The summed E-state index contributed by atoms with van der Waals surface area (Å²) in [6.45, 7) is 0. The number of hydrogen-bond donors (Lipinski definition) is 2. The van der Waals surface area contributed by atoms with Crippen LogP contribution < -0.4 is 11.3 Å². The van der Waals surface area contributed by atoms with E-state index in [0.29, 0.717) is 0 Å². The average Bonchev–Trinajstić information content (AvgIpc) is 3.12. The molecule has 2 heterocycles. The number of hydrogen-bond acceptors (Lipinski definition) is 4. The van der Waals surface area contributed by atoms with E-state index < -0.39 is 0 Å². The van der Waals surface area contributed by atoms with Crippen molar-refractivity contribution in [3.05, 3.63) is 69.1 Å². The number of hydrazine groups is 1. The van der Waals surface area contributed by atoms with Crippen molar-refractivity contribution >= 4 is 27.3 Å². The monoisotopic (exact) mass is 348 g/mol. The van der Waals surface area contributed by atoms with Gasteiger partial charge in [-0.2, -0.15) is 16.4 Å². The van der Waals surface area contributed by atoms with E-state index in [0.717, 1.165) is 21.4 Å². The number of thiophene rings is 1. The number of rotatable bonds is 4. The summed E-state index contributed by atoms with van der Waals surface area (Å²) >= 11 is 5.17. The molecule has 1 unspecified atom stereocenters. The lowest BCUT2D eigenvalue weighted by atomic mass is 10.1. The van der Waals surface area contributed by atoms with Gasteiger partial charge in [-0.3, -0.25) is 5.84 Å². The van der Waals surface area contributed by atoms with Crippen molar-refractivity contribution < 1.29 is 0 Å². The Hall–Kier alpha value is -1.47. The van der Waals surface area contributed by atoms with Gasteiger partial charge in [-0.15, -0.1) is 0 Å². The molecule has 6 heteroatoms. The minimum Gasteiger partial charge on any atom is -0.271 e. The standard InChI is InChI=1S/C14H13BrN4S/c15-12-9-20-8-11(12)14(17-16)13-6-7-19(18-13)10-4-2-1-3-5-10/h1-9,14,17H,16H2. The van der Waals surface area contributed by atoms with E-state index in [2.05, 4.69) is 31.8 Å². The van der Waals surface area contributed by atoms with Gasteiger partial charge in [0.25, 0.3) is 0 Å². The van der Waals surface area contributed by atoms with Gasteiger partial charge in [-0.25, -0.2) is 10.1 Å². The van der Waals surface area contributed by atoms with E-state index in [-0.39, 0.29) is 6.04 Å². The van der Waals surface area contributed by atoms with Gasteiger partial charge in [0, 0.05) is 21.6 Å². The molecule has 3 N–H and O–H groups in total. The number of para-hydroxylation sites is 1. The molecule has 1 aromatic carbocycles. The highest BCUT2D eigenvalue weighted by molar-refractivity contribution is 9.10. The van der Waals surface area contributed by atoms with E-state index in [1.165, 1.54) is 0 Å². The zero-order chi connectivity index (χ0) is 13.9. The summed E-state index contributed by atoms with van der Waals surface area (Å²) in [6, 6.07) is 11.8. The average molecular weight is 349 g/mol. The van der Waals surface area contributed by atoms with Crippen LogP contribution in [0.25, 0.3) is 5.69 Å². The van der Waals surface area contributed by atoms with Gasteiger partial charge in [-0.05, 0) is 39.5 Å². The maximum absolute atomic E-state index is 5.70. The molecule has 2 aromatic heterocycles. The van der Waals surface area contributed by atoms with Crippen LogP contribution in [0.5, 0.6) is 0 Å². The lowest BCUT2D eigenvalue weighted by molar-refractivity contribution is 0.612. The van der Waals surface area contributed by atoms with E-state index in [4.69, 9.17) is 5.84 Å². The summed E-state index contributed by atoms with van der Waals surface area (Å²) < 4.78 is 2.89. The predicted octanol–water partition coefficient (Wildman–Crippen LogP) is 3.25. The molecule has 0 amide bonds. The Morgan fingerprint density at radius 3 is 2.65 bits per heavy atom. The Balaban J connectivity index is 1.95. The zero-order valence-electron chi connectivity index (χ0n) is 10.5. The largest absolute Gasteiger partial charge is 0.271 e. The molecule has 0 saturated heterocycles. The first-order valence-electron chi connectivity index (χ1n) is 6.08. The van der Waals surface area contributed by atoms with Crippen molar-refractivity contribution in [1.29, 1.82) is 0 Å². The van der Waals surface area contributed by atoms with E-state index in [9.17, 15) is 0 Å². The minimum atomic E-state index is -0.124. The first-order valence-corrected chi connectivity index (χ1v) is 7.82. The number of nitrogens with one attached hydrogen (secondary N) is 1. The maximum atomic E-state index is 5.70. The van der Waals surface area contributed by atoms with Crippen LogP contribution in [0, 0.1) is 0 Å². The normalized spacial score (nSPS) is 12.5. The molecular weight excluding hydrogens is 336 g/mol. The summed E-state index contributed by atoms with van der Waals surface area (Å²) in [5.41, 5.74) is 5.83. The third kappa shape index (κ3) is 2.55. The van der Waals surface area contributed by atoms with Crippen molar-refractivity contribution in [2.24, 2.45) is 5.84 Å². The maximum Gasteiger partial charge on any atom is 0.0919 e. The van der Waals surface area contributed by atoms with Gasteiger partial charge < -0.3 is 0 Å². The summed E-state index contributed by atoms with van der Waals surface area (Å²) in [7, 11) is 0. The molecule has 0 fully saturated rings. The zero-order valence-corrected chi connectivity index (χ0v) is 12.9. The van der Waals surface area contributed by atoms with Crippen molar-refractivity contribution in [2.75, 3.05) is 0 Å². The second kappa shape index (κ2) is 5.88. The molecule has 20 heavy (non-hydrogen) atoms. The molecule has 0 aliphatic rings. The Kier molecular flexibility index (Phi) is 3.98. The van der Waals surface area contributed by atoms with Crippen LogP contribution >= 0.6 is 27.3 Å².